The molecule has 5 heteroatoms. The summed E-state index contributed by atoms with van der Waals surface area (Å²) in [6, 6.07) is 60.8. The molecule has 3 heterocycles. The molecule has 0 atom stereocenters. The molecule has 8 aromatic carbocycles. The maximum Gasteiger partial charge on any atom is 0.212 e. The summed E-state index contributed by atoms with van der Waals surface area (Å²) in [5.74, 6) is 0. The first-order valence-electron chi connectivity index (χ1n) is 18.2. The van der Waals surface area contributed by atoms with Crippen LogP contribution in [0.5, 0.6) is 0 Å². The molecule has 0 bridgehead atoms. The monoisotopic (exact) mass is 700 g/mol. The van der Waals surface area contributed by atoms with Crippen LogP contribution in [0.25, 0.3) is 104 Å². The van der Waals surface area contributed by atoms with Crippen molar-refractivity contribution in [2.24, 2.45) is 0 Å². The Labute approximate surface area is 315 Å². The minimum atomic E-state index is 0.402. The maximum absolute atomic E-state index is 10.7. The molecule has 11 aromatic rings. The van der Waals surface area contributed by atoms with Crippen LogP contribution in [0.4, 0.5) is 5.69 Å². The zero-order valence-electron chi connectivity index (χ0n) is 29.4. The number of fused-ring (bicyclic) bond motifs is 10. The summed E-state index contributed by atoms with van der Waals surface area (Å²) < 4.78 is 10.9. The highest BCUT2D eigenvalue weighted by atomic mass is 16.3. The fourth-order valence-corrected chi connectivity index (χ4v) is 8.51. The highest BCUT2D eigenvalue weighted by molar-refractivity contribution is 6.24. The molecular formula is C50H28N4O. The quantitative estimate of drug-likeness (QED) is 0.172. The van der Waals surface area contributed by atoms with Gasteiger partial charge >= 0.3 is 0 Å². The minimum Gasteiger partial charge on any atom is -0.455 e. The standard InChI is InChI=1S/C50H28N4O/c1-52-41-28-35(30-51)46(54-42-18-10-8-17-38(42)49-45(54)25-22-37-36-16-9-11-19-48(36)55-50(37)49)29-47(41)53-43-23-20-33(31-12-4-2-5-13-31)26-39(43)40-27-34(21-24-44(40)53)32-14-6-3-7-15-32/h2-29H. The van der Waals surface area contributed by atoms with E-state index in [0.29, 0.717) is 22.6 Å². The Kier molecular flexibility index (Phi) is 6.61. The van der Waals surface area contributed by atoms with E-state index in [4.69, 9.17) is 11.0 Å². The number of hydrogen-bond donors (Lipinski definition) is 0. The third kappa shape index (κ3) is 4.51. The Bertz CT molecular complexity index is 3350. The Morgan fingerprint density at radius 2 is 1.04 bits per heavy atom. The van der Waals surface area contributed by atoms with E-state index in [1.54, 1.807) is 6.07 Å². The third-order valence-electron chi connectivity index (χ3n) is 11.0. The normalized spacial score (nSPS) is 11.6. The van der Waals surface area contributed by atoms with Gasteiger partial charge in [-0.1, -0.05) is 109 Å². The van der Waals surface area contributed by atoms with Gasteiger partial charge in [-0.15, -0.1) is 0 Å². The summed E-state index contributed by atoms with van der Waals surface area (Å²) in [4.78, 5) is 4.05. The number of rotatable bonds is 4. The molecule has 0 saturated carbocycles. The van der Waals surface area contributed by atoms with E-state index in [9.17, 15) is 5.26 Å². The van der Waals surface area contributed by atoms with Crippen LogP contribution in [0.3, 0.4) is 0 Å². The van der Waals surface area contributed by atoms with Gasteiger partial charge in [0.1, 0.15) is 11.2 Å². The van der Waals surface area contributed by atoms with E-state index in [1.807, 2.05) is 48.5 Å². The van der Waals surface area contributed by atoms with Crippen molar-refractivity contribution < 1.29 is 4.42 Å². The molecule has 11 rings (SSSR count). The minimum absolute atomic E-state index is 0.402. The molecule has 0 spiro atoms. The highest BCUT2D eigenvalue weighted by Gasteiger charge is 2.23. The van der Waals surface area contributed by atoms with Crippen molar-refractivity contribution in [1.82, 2.24) is 9.13 Å². The SMILES string of the molecule is [C-]#[N+]c1cc(C#N)c(-n2c3ccccc3c3c4oc5ccccc5c4ccc32)cc1-n1c2ccc(-c3ccccc3)cc2c2cc(-c3ccccc3)ccc21. The zero-order valence-corrected chi connectivity index (χ0v) is 29.4. The number of para-hydroxylation sites is 2. The molecule has 5 nitrogen and oxygen atoms in total. The number of nitriles is 1. The van der Waals surface area contributed by atoms with Gasteiger partial charge in [0.2, 0.25) is 5.69 Å². The molecule has 0 unspecified atom stereocenters. The van der Waals surface area contributed by atoms with Crippen molar-refractivity contribution in [3.63, 3.8) is 0 Å². The number of nitrogens with zero attached hydrogens (tertiary/aromatic N) is 4. The topological polar surface area (TPSA) is 51.1 Å². The number of furan rings is 1. The highest BCUT2D eigenvalue weighted by Crippen LogP contribution is 2.44. The van der Waals surface area contributed by atoms with Crippen LogP contribution < -0.4 is 0 Å². The lowest BCUT2D eigenvalue weighted by Gasteiger charge is -2.16. The van der Waals surface area contributed by atoms with Crippen LogP contribution in [-0.4, -0.2) is 9.13 Å². The first-order valence-corrected chi connectivity index (χ1v) is 18.2. The summed E-state index contributed by atoms with van der Waals surface area (Å²) >= 11 is 0. The molecule has 55 heavy (non-hydrogen) atoms. The second kappa shape index (κ2) is 11.8. The van der Waals surface area contributed by atoms with Crippen molar-refractivity contribution in [3.05, 3.63) is 187 Å². The third-order valence-corrected chi connectivity index (χ3v) is 11.0. The molecule has 0 aliphatic heterocycles. The lowest BCUT2D eigenvalue weighted by atomic mass is 10.0. The predicted octanol–water partition coefficient (Wildman–Crippen LogP) is 13.5. The van der Waals surface area contributed by atoms with E-state index in [1.165, 1.54) is 0 Å². The second-order valence-electron chi connectivity index (χ2n) is 13.9. The summed E-state index contributed by atoms with van der Waals surface area (Å²) in [6.45, 7) is 8.40. The number of benzene rings is 8. The lowest BCUT2D eigenvalue weighted by molar-refractivity contribution is 0.673. The summed E-state index contributed by atoms with van der Waals surface area (Å²) in [5.41, 5.74) is 12.2. The fraction of sp³-hybridized carbons (Fsp3) is 0. The maximum atomic E-state index is 10.7. The van der Waals surface area contributed by atoms with Crippen LogP contribution >= 0.6 is 0 Å². The zero-order chi connectivity index (χ0) is 36.6. The van der Waals surface area contributed by atoms with Crippen LogP contribution in [0.15, 0.2) is 174 Å². The van der Waals surface area contributed by atoms with Crippen molar-refractivity contribution >= 4 is 71.2 Å². The predicted molar refractivity (Wildman–Crippen MR) is 224 cm³/mol. The van der Waals surface area contributed by atoms with Gasteiger partial charge in [-0.3, -0.25) is 0 Å². The molecular weight excluding hydrogens is 673 g/mol. The first kappa shape index (κ1) is 30.7. The number of hydrogen-bond acceptors (Lipinski definition) is 2. The van der Waals surface area contributed by atoms with E-state index in [2.05, 4.69) is 135 Å². The summed E-state index contributed by atoms with van der Waals surface area (Å²) in [7, 11) is 0. The van der Waals surface area contributed by atoms with E-state index >= 15 is 0 Å². The molecule has 0 aliphatic carbocycles. The Morgan fingerprint density at radius 1 is 0.473 bits per heavy atom. The molecule has 0 fully saturated rings. The van der Waals surface area contributed by atoms with Crippen molar-refractivity contribution in [3.8, 4) is 39.7 Å². The second-order valence-corrected chi connectivity index (χ2v) is 13.9. The van der Waals surface area contributed by atoms with Crippen molar-refractivity contribution in [2.75, 3.05) is 0 Å². The average Bonchev–Trinajstić information content (AvgIpc) is 3.91. The van der Waals surface area contributed by atoms with E-state index in [-0.39, 0.29) is 0 Å². The average molecular weight is 701 g/mol. The fourth-order valence-electron chi connectivity index (χ4n) is 8.51. The molecule has 254 valence electrons. The van der Waals surface area contributed by atoms with Crippen LogP contribution in [0, 0.1) is 17.9 Å². The molecule has 0 saturated heterocycles. The molecule has 3 aromatic heterocycles. The van der Waals surface area contributed by atoms with E-state index in [0.717, 1.165) is 87.8 Å². The van der Waals surface area contributed by atoms with Gasteiger partial charge in [0.05, 0.1) is 57.0 Å². The summed E-state index contributed by atoms with van der Waals surface area (Å²) in [5, 5.41) is 17.0. The Balaban J connectivity index is 1.23. The smallest absolute Gasteiger partial charge is 0.212 e. The van der Waals surface area contributed by atoms with Gasteiger partial charge in [0.25, 0.3) is 0 Å². The Morgan fingerprint density at radius 3 is 1.69 bits per heavy atom. The van der Waals surface area contributed by atoms with Gasteiger partial charge < -0.3 is 13.6 Å². The first-order chi connectivity index (χ1) is 27.2. The van der Waals surface area contributed by atoms with Gasteiger partial charge in [-0.05, 0) is 82.9 Å². The molecule has 0 radical (unpaired) electrons. The Hall–Kier alpha value is -7.86. The summed E-state index contributed by atoms with van der Waals surface area (Å²) in [6.07, 6.45) is 0. The van der Waals surface area contributed by atoms with Crippen LogP contribution in [0.2, 0.25) is 0 Å². The van der Waals surface area contributed by atoms with Crippen LogP contribution in [0.1, 0.15) is 5.56 Å². The largest absolute Gasteiger partial charge is 0.455 e. The number of aromatic nitrogens is 2. The van der Waals surface area contributed by atoms with Gasteiger partial charge in [-0.25, -0.2) is 4.85 Å². The van der Waals surface area contributed by atoms with E-state index < -0.39 is 0 Å². The molecule has 0 aliphatic rings. The molecule has 0 amide bonds. The lowest BCUT2D eigenvalue weighted by Crippen LogP contribution is -2.02. The van der Waals surface area contributed by atoms with Gasteiger partial charge in [0, 0.05) is 26.9 Å². The van der Waals surface area contributed by atoms with Gasteiger partial charge in [0.15, 0.2) is 0 Å². The van der Waals surface area contributed by atoms with Gasteiger partial charge in [-0.2, -0.15) is 5.26 Å². The van der Waals surface area contributed by atoms with Crippen molar-refractivity contribution in [1.29, 1.82) is 5.26 Å². The molecule has 0 N–H and O–H groups in total. The van der Waals surface area contributed by atoms with Crippen molar-refractivity contribution in [2.45, 2.75) is 0 Å². The van der Waals surface area contributed by atoms with Crippen LogP contribution in [-0.2, 0) is 0 Å².